The fraction of sp³-hybridized carbons (Fsp3) is 0.857. The molecule has 2 saturated carbocycles. The van der Waals surface area contributed by atoms with Crippen LogP contribution in [-0.2, 0) is 14.3 Å². The summed E-state index contributed by atoms with van der Waals surface area (Å²) in [5.41, 5.74) is 1.70. The average molecular weight is 347 g/mol. The molecule has 0 aromatic heterocycles. The zero-order valence-electron chi connectivity index (χ0n) is 16.0. The van der Waals surface area contributed by atoms with E-state index < -0.39 is 0 Å². The number of esters is 1. The number of carbonyl (C=O) groups excluding carboxylic acids is 1. The van der Waals surface area contributed by atoms with Gasteiger partial charge < -0.3 is 9.47 Å². The summed E-state index contributed by atoms with van der Waals surface area (Å²) in [7, 11) is 0. The number of morpholine rings is 1. The van der Waals surface area contributed by atoms with Gasteiger partial charge >= 0.3 is 5.97 Å². The molecule has 4 nitrogen and oxygen atoms in total. The summed E-state index contributed by atoms with van der Waals surface area (Å²) in [6.45, 7) is 13.7. The molecule has 2 heterocycles. The number of hydrogen-bond donors (Lipinski definition) is 0. The predicted octanol–water partition coefficient (Wildman–Crippen LogP) is 3.41. The number of hydrogen-bond acceptors (Lipinski definition) is 4. The Labute approximate surface area is 151 Å². The monoisotopic (exact) mass is 347 g/mol. The van der Waals surface area contributed by atoms with Gasteiger partial charge in [0.25, 0.3) is 0 Å². The standard InChI is InChI=1S/C21H33NO3/c1-13-6-5-7-21(4)9-19-16(8-18(13)21)17(20(23)25-19)12-22-10-14(2)24-15(3)11-22/h14-19H,1,5-12H2,2-4H3/t14?,15?,16-,17?,18+,19-,21-/m1/s1. The lowest BCUT2D eigenvalue weighted by atomic mass is 9.55. The molecule has 0 spiro atoms. The lowest BCUT2D eigenvalue weighted by Crippen LogP contribution is -2.49. The van der Waals surface area contributed by atoms with Crippen molar-refractivity contribution in [2.45, 2.75) is 71.2 Å². The minimum Gasteiger partial charge on any atom is -0.462 e. The highest BCUT2D eigenvalue weighted by molar-refractivity contribution is 5.75. The van der Waals surface area contributed by atoms with Crippen LogP contribution in [-0.4, -0.2) is 48.8 Å². The smallest absolute Gasteiger partial charge is 0.310 e. The van der Waals surface area contributed by atoms with Crippen molar-refractivity contribution in [1.82, 2.24) is 4.90 Å². The van der Waals surface area contributed by atoms with Crippen molar-refractivity contribution in [2.75, 3.05) is 19.6 Å². The van der Waals surface area contributed by atoms with Crippen molar-refractivity contribution in [3.63, 3.8) is 0 Å². The molecule has 4 aliphatic rings. The van der Waals surface area contributed by atoms with Gasteiger partial charge in [-0.25, -0.2) is 0 Å². The molecular formula is C21H33NO3. The van der Waals surface area contributed by atoms with Crippen LogP contribution < -0.4 is 0 Å². The number of rotatable bonds is 2. The quantitative estimate of drug-likeness (QED) is 0.567. The summed E-state index contributed by atoms with van der Waals surface area (Å²) in [4.78, 5) is 15.1. The van der Waals surface area contributed by atoms with Gasteiger partial charge in [-0.2, -0.15) is 0 Å². The van der Waals surface area contributed by atoms with E-state index in [9.17, 15) is 4.79 Å². The van der Waals surface area contributed by atoms with Gasteiger partial charge in [0.05, 0.1) is 18.1 Å². The lowest BCUT2D eigenvalue weighted by Gasteiger charge is -2.50. The van der Waals surface area contributed by atoms with Crippen LogP contribution >= 0.6 is 0 Å². The maximum atomic E-state index is 12.7. The third-order valence-corrected chi connectivity index (χ3v) is 7.27. The number of fused-ring (bicyclic) bond motifs is 2. The van der Waals surface area contributed by atoms with Crippen LogP contribution in [0.15, 0.2) is 12.2 Å². The summed E-state index contributed by atoms with van der Waals surface area (Å²) in [6, 6.07) is 0. The van der Waals surface area contributed by atoms with E-state index in [-0.39, 0.29) is 35.6 Å². The fourth-order valence-electron chi connectivity index (χ4n) is 6.18. The Bertz CT molecular complexity index is 551. The van der Waals surface area contributed by atoms with E-state index in [1.165, 1.54) is 18.4 Å². The molecular weight excluding hydrogens is 314 g/mol. The molecule has 0 aromatic carbocycles. The van der Waals surface area contributed by atoms with E-state index in [1.807, 2.05) is 0 Å². The number of carbonyl (C=O) groups is 1. The first-order valence-electron chi connectivity index (χ1n) is 10.1. The third-order valence-electron chi connectivity index (χ3n) is 7.27. The average Bonchev–Trinajstić information content (AvgIpc) is 2.79. The fourth-order valence-corrected chi connectivity index (χ4v) is 6.18. The largest absolute Gasteiger partial charge is 0.462 e. The summed E-state index contributed by atoms with van der Waals surface area (Å²) >= 11 is 0. The van der Waals surface area contributed by atoms with E-state index in [2.05, 4.69) is 32.3 Å². The first-order chi connectivity index (χ1) is 11.9. The zero-order chi connectivity index (χ0) is 17.8. The molecule has 140 valence electrons. The Morgan fingerprint density at radius 2 is 2.00 bits per heavy atom. The molecule has 2 saturated heterocycles. The Hall–Kier alpha value is -0.870. The molecule has 0 bridgehead atoms. The van der Waals surface area contributed by atoms with Crippen molar-refractivity contribution in [1.29, 1.82) is 0 Å². The second-order valence-electron chi connectivity index (χ2n) is 9.38. The Kier molecular flexibility index (Phi) is 4.48. The first kappa shape index (κ1) is 17.5. The van der Waals surface area contributed by atoms with Crippen LogP contribution in [0.4, 0.5) is 0 Å². The number of ether oxygens (including phenoxy) is 2. The van der Waals surface area contributed by atoms with E-state index >= 15 is 0 Å². The summed E-state index contributed by atoms with van der Waals surface area (Å²) in [5, 5.41) is 0. The Morgan fingerprint density at radius 1 is 1.28 bits per heavy atom. The highest BCUT2D eigenvalue weighted by Gasteiger charge is 2.55. The van der Waals surface area contributed by atoms with Gasteiger partial charge in [0.15, 0.2) is 0 Å². The van der Waals surface area contributed by atoms with Crippen LogP contribution in [0.5, 0.6) is 0 Å². The van der Waals surface area contributed by atoms with Gasteiger partial charge in [-0.15, -0.1) is 0 Å². The van der Waals surface area contributed by atoms with Gasteiger partial charge in [0.2, 0.25) is 0 Å². The first-order valence-corrected chi connectivity index (χ1v) is 10.1. The van der Waals surface area contributed by atoms with Gasteiger partial charge in [0, 0.05) is 25.6 Å². The highest BCUT2D eigenvalue weighted by atomic mass is 16.6. The van der Waals surface area contributed by atoms with E-state index in [0.29, 0.717) is 11.8 Å². The molecule has 0 N–H and O–H groups in total. The summed E-state index contributed by atoms with van der Waals surface area (Å²) in [5.74, 6) is 1.01. The van der Waals surface area contributed by atoms with Crippen molar-refractivity contribution in [3.05, 3.63) is 12.2 Å². The summed E-state index contributed by atoms with van der Waals surface area (Å²) < 4.78 is 11.7. The second-order valence-corrected chi connectivity index (χ2v) is 9.38. The molecule has 4 rings (SSSR count). The van der Waals surface area contributed by atoms with Crippen LogP contribution in [0.1, 0.15) is 52.9 Å². The summed E-state index contributed by atoms with van der Waals surface area (Å²) in [6.07, 6.45) is 6.38. The molecule has 0 aromatic rings. The molecule has 25 heavy (non-hydrogen) atoms. The van der Waals surface area contributed by atoms with Crippen molar-refractivity contribution in [2.24, 2.45) is 23.2 Å². The number of nitrogens with zero attached hydrogens (tertiary/aromatic N) is 1. The third kappa shape index (κ3) is 3.16. The minimum absolute atomic E-state index is 0.0294. The van der Waals surface area contributed by atoms with E-state index in [1.54, 1.807) is 0 Å². The van der Waals surface area contributed by atoms with Crippen LogP contribution in [0.2, 0.25) is 0 Å². The maximum absolute atomic E-state index is 12.7. The van der Waals surface area contributed by atoms with Gasteiger partial charge in [-0.05, 0) is 57.3 Å². The SMILES string of the molecule is C=C1CCC[C@]2(C)C[C@H]3OC(=O)C(CN4CC(C)OC(C)C4)[C@H]3C[C@@H]12. The normalized spacial score (nSPS) is 48.0. The van der Waals surface area contributed by atoms with Crippen molar-refractivity contribution >= 4 is 5.97 Å². The highest BCUT2D eigenvalue weighted by Crippen LogP contribution is 2.56. The molecule has 4 heteroatoms. The Balaban J connectivity index is 1.49. The van der Waals surface area contributed by atoms with Crippen LogP contribution in [0, 0.1) is 23.2 Å². The maximum Gasteiger partial charge on any atom is 0.310 e. The van der Waals surface area contributed by atoms with Gasteiger partial charge in [0.1, 0.15) is 6.10 Å². The van der Waals surface area contributed by atoms with Crippen LogP contribution in [0.3, 0.4) is 0 Å². The van der Waals surface area contributed by atoms with Crippen molar-refractivity contribution in [3.8, 4) is 0 Å². The number of allylic oxidation sites excluding steroid dienone is 1. The molecule has 0 radical (unpaired) electrons. The predicted molar refractivity (Wildman–Crippen MR) is 97.1 cm³/mol. The molecule has 4 fully saturated rings. The topological polar surface area (TPSA) is 38.8 Å². The van der Waals surface area contributed by atoms with E-state index in [0.717, 1.165) is 38.9 Å². The van der Waals surface area contributed by atoms with E-state index in [4.69, 9.17) is 9.47 Å². The molecule has 7 atom stereocenters. The molecule has 2 aliphatic carbocycles. The minimum atomic E-state index is 0.0294. The van der Waals surface area contributed by atoms with Gasteiger partial charge in [-0.3, -0.25) is 9.69 Å². The zero-order valence-corrected chi connectivity index (χ0v) is 16.0. The Morgan fingerprint density at radius 3 is 2.72 bits per heavy atom. The molecule has 0 amide bonds. The van der Waals surface area contributed by atoms with Gasteiger partial charge in [-0.1, -0.05) is 19.1 Å². The van der Waals surface area contributed by atoms with Crippen LogP contribution in [0.25, 0.3) is 0 Å². The van der Waals surface area contributed by atoms with Crippen molar-refractivity contribution < 1.29 is 14.3 Å². The molecule has 3 unspecified atom stereocenters. The second kappa shape index (κ2) is 6.38. The lowest BCUT2D eigenvalue weighted by molar-refractivity contribution is -0.147. The molecule has 2 aliphatic heterocycles.